The van der Waals surface area contributed by atoms with Gasteiger partial charge in [0.2, 0.25) is 5.82 Å². The summed E-state index contributed by atoms with van der Waals surface area (Å²) >= 11 is 0. The zero-order chi connectivity index (χ0) is 21.7. The van der Waals surface area contributed by atoms with Crippen molar-refractivity contribution in [2.75, 3.05) is 13.7 Å². The minimum atomic E-state index is -1.01. The molecule has 162 valence electrons. The van der Waals surface area contributed by atoms with Crippen LogP contribution in [0.3, 0.4) is 0 Å². The number of allylic oxidation sites excluding steroid dienone is 1. The van der Waals surface area contributed by atoms with Crippen LogP contribution in [-0.4, -0.2) is 13.7 Å². The quantitative estimate of drug-likeness (QED) is 0.458. The van der Waals surface area contributed by atoms with Gasteiger partial charge in [0.25, 0.3) is 0 Å². The molecule has 1 aliphatic carbocycles. The van der Waals surface area contributed by atoms with E-state index in [4.69, 9.17) is 9.47 Å². The van der Waals surface area contributed by atoms with Crippen molar-refractivity contribution >= 4 is 6.08 Å². The summed E-state index contributed by atoms with van der Waals surface area (Å²) in [4.78, 5) is 0. The normalized spacial score (nSPS) is 19.4. The fourth-order valence-electron chi connectivity index (χ4n) is 3.94. The molecule has 0 aromatic heterocycles. The summed E-state index contributed by atoms with van der Waals surface area (Å²) in [7, 11) is 1.28. The molecule has 2 aromatic carbocycles. The van der Waals surface area contributed by atoms with E-state index in [0.29, 0.717) is 25.0 Å². The van der Waals surface area contributed by atoms with E-state index < -0.39 is 23.3 Å². The molecule has 1 saturated carbocycles. The van der Waals surface area contributed by atoms with Gasteiger partial charge in [0.1, 0.15) is 0 Å². The van der Waals surface area contributed by atoms with Crippen molar-refractivity contribution in [3.05, 3.63) is 70.3 Å². The first-order chi connectivity index (χ1) is 14.5. The van der Waals surface area contributed by atoms with Gasteiger partial charge in [-0.05, 0) is 62.1 Å². The van der Waals surface area contributed by atoms with Crippen LogP contribution in [0.4, 0.5) is 17.6 Å². The highest BCUT2D eigenvalue weighted by Crippen LogP contribution is 2.38. The van der Waals surface area contributed by atoms with Crippen LogP contribution >= 0.6 is 0 Å². The Morgan fingerprint density at radius 2 is 1.63 bits per heavy atom. The lowest BCUT2D eigenvalue weighted by molar-refractivity contribution is 0.131. The lowest BCUT2D eigenvalue weighted by atomic mass is 9.78. The number of halogens is 4. The van der Waals surface area contributed by atoms with Crippen molar-refractivity contribution in [2.24, 2.45) is 5.92 Å². The van der Waals surface area contributed by atoms with Gasteiger partial charge in [-0.3, -0.25) is 0 Å². The molecule has 0 spiro atoms. The molecule has 0 amide bonds. The molecule has 0 bridgehead atoms. The molecule has 2 aromatic rings. The van der Waals surface area contributed by atoms with E-state index in [1.54, 1.807) is 25.1 Å². The van der Waals surface area contributed by atoms with Gasteiger partial charge in [-0.25, -0.2) is 13.2 Å². The highest BCUT2D eigenvalue weighted by Gasteiger charge is 2.25. The van der Waals surface area contributed by atoms with Gasteiger partial charge in [-0.2, -0.15) is 4.39 Å². The van der Waals surface area contributed by atoms with E-state index in [-0.39, 0.29) is 35.3 Å². The second-order valence-corrected chi connectivity index (χ2v) is 7.53. The average Bonchev–Trinajstić information content (AvgIpc) is 2.76. The molecule has 3 rings (SSSR count). The van der Waals surface area contributed by atoms with Gasteiger partial charge in [0.05, 0.1) is 13.7 Å². The topological polar surface area (TPSA) is 18.5 Å². The number of benzene rings is 2. The highest BCUT2D eigenvalue weighted by atomic mass is 19.2. The van der Waals surface area contributed by atoms with Gasteiger partial charge in [-0.15, -0.1) is 0 Å². The summed E-state index contributed by atoms with van der Waals surface area (Å²) in [5, 5.41) is 0. The molecular weight excluding hydrogens is 396 g/mol. The molecule has 0 radical (unpaired) electrons. The van der Waals surface area contributed by atoms with Crippen molar-refractivity contribution in [3.8, 4) is 5.75 Å². The summed E-state index contributed by atoms with van der Waals surface area (Å²) in [6.07, 6.45) is 6.38. The Balaban J connectivity index is 1.63. The molecule has 0 aliphatic heterocycles. The smallest absolute Gasteiger partial charge is 0.201 e. The summed E-state index contributed by atoms with van der Waals surface area (Å²) < 4.78 is 66.7. The lowest BCUT2D eigenvalue weighted by Crippen LogP contribution is -2.14. The Morgan fingerprint density at radius 3 is 2.30 bits per heavy atom. The maximum Gasteiger partial charge on any atom is 0.201 e. The van der Waals surface area contributed by atoms with Gasteiger partial charge in [-0.1, -0.05) is 24.3 Å². The summed E-state index contributed by atoms with van der Waals surface area (Å²) in [5.74, 6) is -3.58. The monoisotopic (exact) mass is 422 g/mol. The van der Waals surface area contributed by atoms with Crippen molar-refractivity contribution < 1.29 is 27.0 Å². The molecular formula is C24H26F4O2. The molecule has 0 saturated heterocycles. The second-order valence-electron chi connectivity index (χ2n) is 7.53. The maximum absolute atomic E-state index is 14.6. The summed E-state index contributed by atoms with van der Waals surface area (Å²) in [5.41, 5.74) is 0.787. The van der Waals surface area contributed by atoms with E-state index >= 15 is 0 Å². The van der Waals surface area contributed by atoms with E-state index in [1.165, 1.54) is 19.2 Å². The SMILES string of the molecule is CCOCc1ccc(C2CCC(/C=C/c3ccc(OC)c(F)c3F)CC2)c(F)c1F. The molecule has 30 heavy (non-hydrogen) atoms. The first kappa shape index (κ1) is 22.3. The standard InChI is InChI=1S/C24H26F4O2/c1-3-30-14-18-10-12-19(23(27)22(18)26)16-7-4-15(5-8-16)6-9-17-11-13-20(29-2)24(28)21(17)25/h6,9-13,15-16H,3-5,7-8,14H2,1-2H3/b9-6+. The van der Waals surface area contributed by atoms with Gasteiger partial charge >= 0.3 is 0 Å². The second kappa shape index (κ2) is 10.1. The van der Waals surface area contributed by atoms with E-state index in [1.807, 2.05) is 6.08 Å². The van der Waals surface area contributed by atoms with Crippen LogP contribution in [0.1, 0.15) is 55.2 Å². The zero-order valence-electron chi connectivity index (χ0n) is 17.2. The van der Waals surface area contributed by atoms with Crippen LogP contribution in [0, 0.1) is 29.2 Å². The van der Waals surface area contributed by atoms with Crippen molar-refractivity contribution in [1.29, 1.82) is 0 Å². The average molecular weight is 422 g/mol. The van der Waals surface area contributed by atoms with Crippen LogP contribution in [0.2, 0.25) is 0 Å². The molecule has 0 unspecified atom stereocenters. The molecule has 1 fully saturated rings. The Hall–Kier alpha value is -2.34. The third-order valence-electron chi connectivity index (χ3n) is 5.71. The Morgan fingerprint density at radius 1 is 0.900 bits per heavy atom. The highest BCUT2D eigenvalue weighted by molar-refractivity contribution is 5.52. The molecule has 6 heteroatoms. The zero-order valence-corrected chi connectivity index (χ0v) is 17.2. The molecule has 2 nitrogen and oxygen atoms in total. The Kier molecular flexibility index (Phi) is 7.53. The van der Waals surface area contributed by atoms with Crippen molar-refractivity contribution in [3.63, 3.8) is 0 Å². The van der Waals surface area contributed by atoms with E-state index in [9.17, 15) is 17.6 Å². The predicted molar refractivity (Wildman–Crippen MR) is 108 cm³/mol. The number of ether oxygens (including phenoxy) is 2. The molecule has 0 heterocycles. The van der Waals surface area contributed by atoms with E-state index in [0.717, 1.165) is 12.8 Å². The molecule has 0 atom stereocenters. The van der Waals surface area contributed by atoms with Crippen LogP contribution in [-0.2, 0) is 11.3 Å². The molecule has 0 N–H and O–H groups in total. The molecule has 1 aliphatic rings. The van der Waals surface area contributed by atoms with Crippen molar-refractivity contribution in [1.82, 2.24) is 0 Å². The first-order valence-corrected chi connectivity index (χ1v) is 10.2. The van der Waals surface area contributed by atoms with Crippen LogP contribution < -0.4 is 4.74 Å². The largest absolute Gasteiger partial charge is 0.494 e. The number of hydrogen-bond donors (Lipinski definition) is 0. The van der Waals surface area contributed by atoms with Crippen molar-refractivity contribution in [2.45, 2.75) is 45.1 Å². The Labute approximate surface area is 174 Å². The Bertz CT molecular complexity index is 903. The number of methoxy groups -OCH3 is 1. The van der Waals surface area contributed by atoms with Crippen LogP contribution in [0.5, 0.6) is 5.75 Å². The third-order valence-corrected chi connectivity index (χ3v) is 5.71. The van der Waals surface area contributed by atoms with E-state index in [2.05, 4.69) is 0 Å². The number of hydrogen-bond acceptors (Lipinski definition) is 2. The van der Waals surface area contributed by atoms with Crippen LogP contribution in [0.25, 0.3) is 6.08 Å². The van der Waals surface area contributed by atoms with Gasteiger partial charge < -0.3 is 9.47 Å². The summed E-state index contributed by atoms with van der Waals surface area (Å²) in [6.45, 7) is 2.29. The lowest BCUT2D eigenvalue weighted by Gasteiger charge is -2.27. The summed E-state index contributed by atoms with van der Waals surface area (Å²) in [6, 6.07) is 6.11. The minimum absolute atomic E-state index is 0.0551. The third kappa shape index (κ3) is 4.86. The fourth-order valence-corrected chi connectivity index (χ4v) is 3.94. The van der Waals surface area contributed by atoms with Gasteiger partial charge in [0.15, 0.2) is 23.2 Å². The fraction of sp³-hybridized carbons (Fsp3) is 0.417. The maximum atomic E-state index is 14.6. The minimum Gasteiger partial charge on any atom is -0.494 e. The van der Waals surface area contributed by atoms with Gasteiger partial charge in [0, 0.05) is 17.7 Å². The van der Waals surface area contributed by atoms with Crippen LogP contribution in [0.15, 0.2) is 30.3 Å². The predicted octanol–water partition coefficient (Wildman–Crippen LogP) is 6.78. The number of rotatable bonds is 7. The first-order valence-electron chi connectivity index (χ1n) is 10.2.